The number of nitrogens with one attached hydrogen (secondary N) is 2. The fourth-order valence-electron chi connectivity index (χ4n) is 3.12. The molecule has 2 aromatic carbocycles. The third-order valence-corrected chi connectivity index (χ3v) is 4.41. The largest absolute Gasteiger partial charge is 0.376 e. The summed E-state index contributed by atoms with van der Waals surface area (Å²) < 4.78 is 28.7. The summed E-state index contributed by atoms with van der Waals surface area (Å²) in [6.07, 6.45) is 2.08. The van der Waals surface area contributed by atoms with Crippen LogP contribution in [-0.4, -0.2) is 35.4 Å². The molecule has 0 amide bonds. The van der Waals surface area contributed by atoms with Gasteiger partial charge in [-0.1, -0.05) is 30.3 Å². The Kier molecular flexibility index (Phi) is 6.31. The predicted molar refractivity (Wildman–Crippen MR) is 108 cm³/mol. The minimum atomic E-state index is -0.659. The number of benzene rings is 2. The Morgan fingerprint density at radius 1 is 1.26 bits per heavy atom. The van der Waals surface area contributed by atoms with Crippen LogP contribution in [0, 0.1) is 11.6 Å². The molecule has 8 heteroatoms. The molecule has 0 aromatic heterocycles. The van der Waals surface area contributed by atoms with Gasteiger partial charge >= 0.3 is 0 Å². The first-order chi connectivity index (χ1) is 13.0. The van der Waals surface area contributed by atoms with Gasteiger partial charge in [0.1, 0.15) is 17.3 Å². The van der Waals surface area contributed by atoms with Crippen molar-refractivity contribution < 1.29 is 8.78 Å². The zero-order valence-corrected chi connectivity index (χ0v) is 15.5. The van der Waals surface area contributed by atoms with Gasteiger partial charge in [-0.05, 0) is 36.3 Å². The van der Waals surface area contributed by atoms with Gasteiger partial charge in [-0.2, -0.15) is 5.10 Å². The molecule has 0 saturated carbocycles. The number of hydrogen-bond acceptors (Lipinski definition) is 4. The van der Waals surface area contributed by atoms with Gasteiger partial charge in [0.05, 0.1) is 6.21 Å². The van der Waals surface area contributed by atoms with E-state index in [2.05, 4.69) is 45.1 Å². The molecule has 1 aliphatic rings. The van der Waals surface area contributed by atoms with Crippen molar-refractivity contribution in [3.05, 3.63) is 65.2 Å². The SMILES string of the molecule is NC(=S)NN=Cc1cc(F)c(N[C@@H]2CCN(Cc3ccccc3)C2)c(F)c1. The first kappa shape index (κ1) is 19.2. The molecule has 0 unspecified atom stereocenters. The lowest BCUT2D eigenvalue weighted by molar-refractivity contribution is 0.328. The van der Waals surface area contributed by atoms with E-state index in [1.54, 1.807) is 0 Å². The average Bonchev–Trinajstić information content (AvgIpc) is 3.06. The van der Waals surface area contributed by atoms with Gasteiger partial charge < -0.3 is 11.1 Å². The average molecular weight is 389 g/mol. The van der Waals surface area contributed by atoms with Crippen LogP contribution >= 0.6 is 12.2 Å². The fourth-order valence-corrected chi connectivity index (χ4v) is 3.17. The maximum Gasteiger partial charge on any atom is 0.184 e. The number of likely N-dealkylation sites (tertiary alicyclic amines) is 1. The van der Waals surface area contributed by atoms with Crippen LogP contribution in [0.5, 0.6) is 0 Å². The Morgan fingerprint density at radius 2 is 1.96 bits per heavy atom. The van der Waals surface area contributed by atoms with E-state index in [4.69, 9.17) is 5.73 Å². The van der Waals surface area contributed by atoms with Crippen LogP contribution in [0.15, 0.2) is 47.6 Å². The highest BCUT2D eigenvalue weighted by Gasteiger charge is 2.24. The number of nitrogens with zero attached hydrogens (tertiary/aromatic N) is 2. The number of rotatable bonds is 6. The first-order valence-corrected chi connectivity index (χ1v) is 9.02. The molecule has 1 heterocycles. The standard InChI is InChI=1S/C19H21F2N5S/c20-16-8-14(10-23-25-19(22)27)9-17(21)18(16)24-15-6-7-26(12-15)11-13-4-2-1-3-5-13/h1-5,8-10,15,24H,6-7,11-12H2,(H3,22,25,27)/t15-/m1/s1. The first-order valence-electron chi connectivity index (χ1n) is 8.61. The summed E-state index contributed by atoms with van der Waals surface area (Å²) in [7, 11) is 0. The number of halogens is 2. The van der Waals surface area contributed by atoms with E-state index >= 15 is 0 Å². The summed E-state index contributed by atoms with van der Waals surface area (Å²) in [6, 6.07) is 12.6. The quantitative estimate of drug-likeness (QED) is 0.403. The monoisotopic (exact) mass is 389 g/mol. The fraction of sp³-hybridized carbons (Fsp3) is 0.263. The number of thiocarbonyl (C=S) groups is 1. The summed E-state index contributed by atoms with van der Waals surface area (Å²) in [4.78, 5) is 2.27. The van der Waals surface area contributed by atoms with Gasteiger partial charge in [0.15, 0.2) is 5.11 Å². The molecule has 1 saturated heterocycles. The van der Waals surface area contributed by atoms with E-state index in [1.807, 2.05) is 18.2 Å². The highest BCUT2D eigenvalue weighted by Crippen LogP contribution is 2.24. The maximum absolute atomic E-state index is 14.3. The lowest BCUT2D eigenvalue weighted by atomic mass is 10.1. The minimum absolute atomic E-state index is 0.00601. The normalized spacial score (nSPS) is 17.3. The third kappa shape index (κ3) is 5.45. The summed E-state index contributed by atoms with van der Waals surface area (Å²) in [5.74, 6) is -1.32. The Hall–Kier alpha value is -2.58. The summed E-state index contributed by atoms with van der Waals surface area (Å²) >= 11 is 4.60. The molecule has 1 aliphatic heterocycles. The maximum atomic E-state index is 14.3. The highest BCUT2D eigenvalue weighted by molar-refractivity contribution is 7.80. The van der Waals surface area contributed by atoms with Crippen molar-refractivity contribution in [1.82, 2.24) is 10.3 Å². The Labute approximate surface area is 162 Å². The zero-order chi connectivity index (χ0) is 19.2. The molecule has 2 aromatic rings. The lowest BCUT2D eigenvalue weighted by Gasteiger charge is -2.18. The van der Waals surface area contributed by atoms with E-state index in [-0.39, 0.29) is 22.4 Å². The van der Waals surface area contributed by atoms with Gasteiger partial charge in [-0.25, -0.2) is 8.78 Å². The van der Waals surface area contributed by atoms with Crippen LogP contribution < -0.4 is 16.5 Å². The smallest absolute Gasteiger partial charge is 0.184 e. The molecule has 0 radical (unpaired) electrons. The van der Waals surface area contributed by atoms with Crippen molar-refractivity contribution in [2.24, 2.45) is 10.8 Å². The van der Waals surface area contributed by atoms with Crippen molar-refractivity contribution in [2.75, 3.05) is 18.4 Å². The summed E-state index contributed by atoms with van der Waals surface area (Å²) in [5.41, 5.74) is 8.97. The molecular formula is C19H21F2N5S. The van der Waals surface area contributed by atoms with Gasteiger partial charge in [0, 0.05) is 31.2 Å². The summed E-state index contributed by atoms with van der Waals surface area (Å²) in [6.45, 7) is 2.44. The number of hydrazone groups is 1. The van der Waals surface area contributed by atoms with Gasteiger partial charge in [0.25, 0.3) is 0 Å². The molecule has 27 heavy (non-hydrogen) atoms. The number of nitrogens with two attached hydrogens (primary N) is 1. The van der Waals surface area contributed by atoms with Crippen molar-refractivity contribution >= 4 is 29.2 Å². The molecule has 0 spiro atoms. The molecule has 142 valence electrons. The molecule has 4 N–H and O–H groups in total. The van der Waals surface area contributed by atoms with E-state index in [9.17, 15) is 8.78 Å². The van der Waals surface area contributed by atoms with E-state index in [0.717, 1.165) is 26.1 Å². The van der Waals surface area contributed by atoms with Crippen LogP contribution in [-0.2, 0) is 6.54 Å². The minimum Gasteiger partial charge on any atom is -0.376 e. The van der Waals surface area contributed by atoms with Gasteiger partial charge in [0.2, 0.25) is 0 Å². The van der Waals surface area contributed by atoms with Gasteiger partial charge in [-0.3, -0.25) is 10.3 Å². The van der Waals surface area contributed by atoms with Crippen LogP contribution in [0.25, 0.3) is 0 Å². The van der Waals surface area contributed by atoms with Crippen molar-refractivity contribution in [1.29, 1.82) is 0 Å². The molecule has 3 rings (SSSR count). The van der Waals surface area contributed by atoms with Crippen molar-refractivity contribution in [3.63, 3.8) is 0 Å². The Bertz CT molecular complexity index is 805. The molecule has 5 nitrogen and oxygen atoms in total. The second kappa shape index (κ2) is 8.88. The van der Waals surface area contributed by atoms with Crippen LogP contribution in [0.3, 0.4) is 0 Å². The van der Waals surface area contributed by atoms with Crippen LogP contribution in [0.1, 0.15) is 17.5 Å². The number of hydrogen-bond donors (Lipinski definition) is 3. The molecule has 1 fully saturated rings. The van der Waals surface area contributed by atoms with Gasteiger partial charge in [-0.15, -0.1) is 0 Å². The van der Waals surface area contributed by atoms with Crippen molar-refractivity contribution in [3.8, 4) is 0 Å². The van der Waals surface area contributed by atoms with Crippen LogP contribution in [0.2, 0.25) is 0 Å². The Balaban J connectivity index is 1.60. The lowest BCUT2D eigenvalue weighted by Crippen LogP contribution is -2.26. The highest BCUT2D eigenvalue weighted by atomic mass is 32.1. The predicted octanol–water partition coefficient (Wildman–Crippen LogP) is 2.82. The Morgan fingerprint density at radius 3 is 2.63 bits per heavy atom. The second-order valence-corrected chi connectivity index (χ2v) is 6.88. The summed E-state index contributed by atoms with van der Waals surface area (Å²) in [5, 5.41) is 6.69. The molecular weight excluding hydrogens is 368 g/mol. The zero-order valence-electron chi connectivity index (χ0n) is 14.7. The van der Waals surface area contributed by atoms with E-state index < -0.39 is 11.6 Å². The number of anilines is 1. The second-order valence-electron chi connectivity index (χ2n) is 6.44. The third-order valence-electron chi connectivity index (χ3n) is 4.32. The van der Waals surface area contributed by atoms with Crippen LogP contribution in [0.4, 0.5) is 14.5 Å². The van der Waals surface area contributed by atoms with Crippen molar-refractivity contribution in [2.45, 2.75) is 19.0 Å². The topological polar surface area (TPSA) is 65.7 Å². The van der Waals surface area contributed by atoms with E-state index in [0.29, 0.717) is 0 Å². The molecule has 0 bridgehead atoms. The molecule has 1 atom stereocenters. The molecule has 0 aliphatic carbocycles. The van der Waals surface area contributed by atoms with E-state index in [1.165, 1.54) is 23.9 Å².